The van der Waals surface area contributed by atoms with Gasteiger partial charge >= 0.3 is 5.69 Å². The third kappa shape index (κ3) is 10.0. The fraction of sp³-hybridized carbons (Fsp3) is 0.400. The molecule has 1 aromatic heterocycles. The number of aromatic amines is 1. The molecule has 2 aliphatic rings. The predicted octanol–water partition coefficient (Wildman–Crippen LogP) is 6.68. The summed E-state index contributed by atoms with van der Waals surface area (Å²) in [5.74, 6) is -0.00837. The van der Waals surface area contributed by atoms with E-state index in [0.29, 0.717) is 25.9 Å². The number of fused-ring (bicyclic) bond motifs is 1. The number of aliphatic hydroxyl groups is 1. The normalized spacial score (nSPS) is 19.2. The van der Waals surface area contributed by atoms with E-state index in [-0.39, 0.29) is 42.4 Å². The molecule has 0 saturated carbocycles. The number of aliphatic hydroxyl groups excluding tert-OH is 1. The van der Waals surface area contributed by atoms with Crippen LogP contribution in [0.3, 0.4) is 0 Å². The summed E-state index contributed by atoms with van der Waals surface area (Å²) >= 11 is 0. The van der Waals surface area contributed by atoms with Crippen molar-refractivity contribution >= 4 is 22.8 Å². The molecule has 0 aliphatic carbocycles. The van der Waals surface area contributed by atoms with Gasteiger partial charge in [-0.15, -0.1) is 0 Å². The molecule has 0 unspecified atom stereocenters. The minimum absolute atomic E-state index is 0.0106. The SMILES string of the molecule is CC(=O)NCCCCCC(=O)NCc1cccc(-c2cccc([C@@H]3O[C@H](CN4CCC(n5c(=O)[nH]c6ccccc65)CC4)C[C@H](c4ccc(CO)cc4)O3)c2)c1. The Hall–Kier alpha value is -5.07. The van der Waals surface area contributed by atoms with Crippen LogP contribution in [0.2, 0.25) is 0 Å². The second kappa shape index (κ2) is 18.7. The first-order chi connectivity index (χ1) is 27.3. The van der Waals surface area contributed by atoms with E-state index in [1.807, 2.05) is 77.4 Å². The number of H-pyrrole nitrogens is 1. The average Bonchev–Trinajstić information content (AvgIpc) is 3.57. The zero-order valence-electron chi connectivity index (χ0n) is 32.1. The quantitative estimate of drug-likeness (QED) is 0.0874. The van der Waals surface area contributed by atoms with E-state index < -0.39 is 6.29 Å². The number of carbonyl (C=O) groups excluding carboxylic acids is 2. The molecule has 3 heterocycles. The number of carbonyl (C=O) groups is 2. The highest BCUT2D eigenvalue weighted by atomic mass is 16.7. The van der Waals surface area contributed by atoms with Gasteiger partial charge in [-0.1, -0.05) is 79.2 Å². The standard InChI is InChI=1S/C45H53N5O6/c1-31(52)46-22-6-2-3-15-43(53)47-28-33-9-7-10-35(25-33)36-11-8-12-37(26-36)44-55-39(27-42(56-44)34-18-16-32(30-51)17-19-34)29-49-23-20-38(21-24-49)50-41-14-5-4-13-40(41)48-45(50)54/h4-5,7-14,16-19,25-26,38-39,42,44,51H,2-3,6,15,20-24,27-30H2,1H3,(H,46,52)(H,47,53)(H,48,54)/t39-,42+,44+/m0/s1. The molecular formula is C45H53N5O6. The highest BCUT2D eigenvalue weighted by Gasteiger charge is 2.34. The second-order valence-corrected chi connectivity index (χ2v) is 15.1. The molecule has 2 fully saturated rings. The van der Waals surface area contributed by atoms with Gasteiger partial charge < -0.3 is 35.1 Å². The Morgan fingerprint density at radius 3 is 2.38 bits per heavy atom. The van der Waals surface area contributed by atoms with E-state index >= 15 is 0 Å². The molecule has 294 valence electrons. The molecule has 4 N–H and O–H groups in total. The van der Waals surface area contributed by atoms with Gasteiger partial charge in [0.2, 0.25) is 11.8 Å². The summed E-state index contributed by atoms with van der Waals surface area (Å²) in [7, 11) is 0. The van der Waals surface area contributed by atoms with Gasteiger partial charge in [0.25, 0.3) is 0 Å². The molecule has 7 rings (SSSR count). The molecular weight excluding hydrogens is 707 g/mol. The van der Waals surface area contributed by atoms with Crippen molar-refractivity contribution < 1.29 is 24.2 Å². The first kappa shape index (κ1) is 39.2. The molecule has 5 aromatic rings. The molecule has 3 atom stereocenters. The van der Waals surface area contributed by atoms with E-state index in [9.17, 15) is 19.5 Å². The van der Waals surface area contributed by atoms with E-state index in [1.165, 1.54) is 6.92 Å². The average molecular weight is 760 g/mol. The van der Waals surface area contributed by atoms with Crippen molar-refractivity contribution in [3.8, 4) is 11.1 Å². The molecule has 11 nitrogen and oxygen atoms in total. The smallest absolute Gasteiger partial charge is 0.326 e. The van der Waals surface area contributed by atoms with Crippen LogP contribution in [-0.4, -0.2) is 63.7 Å². The Labute approximate surface area is 328 Å². The summed E-state index contributed by atoms with van der Waals surface area (Å²) in [4.78, 5) is 41.9. The van der Waals surface area contributed by atoms with Crippen molar-refractivity contribution in [2.75, 3.05) is 26.2 Å². The lowest BCUT2D eigenvalue weighted by Gasteiger charge is -2.40. The number of rotatable bonds is 15. The number of amides is 2. The number of imidazole rings is 1. The van der Waals surface area contributed by atoms with E-state index in [2.05, 4.69) is 44.8 Å². The van der Waals surface area contributed by atoms with Crippen LogP contribution in [0.5, 0.6) is 0 Å². The summed E-state index contributed by atoms with van der Waals surface area (Å²) in [6.45, 7) is 5.07. The Morgan fingerprint density at radius 2 is 1.59 bits per heavy atom. The predicted molar refractivity (Wildman–Crippen MR) is 217 cm³/mol. The summed E-state index contributed by atoms with van der Waals surface area (Å²) in [5, 5.41) is 15.5. The summed E-state index contributed by atoms with van der Waals surface area (Å²) in [6, 6.07) is 32.5. The summed E-state index contributed by atoms with van der Waals surface area (Å²) in [6.07, 6.45) is 4.59. The number of hydrogen-bond donors (Lipinski definition) is 4. The fourth-order valence-corrected chi connectivity index (χ4v) is 7.98. The number of likely N-dealkylation sites (tertiary alicyclic amines) is 1. The van der Waals surface area contributed by atoms with Crippen LogP contribution in [0.15, 0.2) is 102 Å². The van der Waals surface area contributed by atoms with E-state index in [0.717, 1.165) is 96.2 Å². The number of para-hydroxylation sites is 2. The first-order valence-electron chi connectivity index (χ1n) is 20.0. The van der Waals surface area contributed by atoms with Gasteiger partial charge in [0.05, 0.1) is 29.8 Å². The van der Waals surface area contributed by atoms with Crippen molar-refractivity contribution in [3.05, 3.63) is 130 Å². The zero-order chi connectivity index (χ0) is 38.9. The van der Waals surface area contributed by atoms with Gasteiger partial charge in [-0.2, -0.15) is 0 Å². The minimum atomic E-state index is -0.584. The minimum Gasteiger partial charge on any atom is -0.392 e. The molecule has 0 bridgehead atoms. The number of ether oxygens (including phenoxy) is 2. The highest BCUT2D eigenvalue weighted by Crippen LogP contribution is 2.39. The third-order valence-electron chi connectivity index (χ3n) is 11.0. The fourth-order valence-electron chi connectivity index (χ4n) is 7.98. The molecule has 2 saturated heterocycles. The van der Waals surface area contributed by atoms with E-state index in [4.69, 9.17) is 9.47 Å². The largest absolute Gasteiger partial charge is 0.392 e. The van der Waals surface area contributed by atoms with Crippen molar-refractivity contribution in [2.45, 2.75) is 89.6 Å². The molecule has 4 aromatic carbocycles. The number of nitrogens with zero attached hydrogens (tertiary/aromatic N) is 2. The molecule has 0 spiro atoms. The Bertz CT molecular complexity index is 2140. The zero-order valence-corrected chi connectivity index (χ0v) is 32.1. The van der Waals surface area contributed by atoms with Crippen LogP contribution in [0.25, 0.3) is 22.2 Å². The molecule has 11 heteroatoms. The van der Waals surface area contributed by atoms with Gasteiger partial charge in [0.15, 0.2) is 6.29 Å². The number of unbranched alkanes of at least 4 members (excludes halogenated alkanes) is 2. The molecule has 0 radical (unpaired) electrons. The van der Waals surface area contributed by atoms with E-state index in [1.54, 1.807) is 0 Å². The second-order valence-electron chi connectivity index (χ2n) is 15.1. The van der Waals surface area contributed by atoms with Gasteiger partial charge in [-0.3, -0.25) is 14.2 Å². The monoisotopic (exact) mass is 759 g/mol. The maximum Gasteiger partial charge on any atom is 0.326 e. The van der Waals surface area contributed by atoms with Crippen molar-refractivity contribution in [1.82, 2.24) is 25.1 Å². The maximum absolute atomic E-state index is 12.9. The molecule has 2 aliphatic heterocycles. The van der Waals surface area contributed by atoms with Crippen LogP contribution in [0, 0.1) is 0 Å². The number of hydrogen-bond acceptors (Lipinski definition) is 7. The Balaban J connectivity index is 1.00. The van der Waals surface area contributed by atoms with Crippen LogP contribution < -0.4 is 16.3 Å². The molecule has 56 heavy (non-hydrogen) atoms. The number of benzene rings is 4. The van der Waals surface area contributed by atoms with Crippen molar-refractivity contribution in [3.63, 3.8) is 0 Å². The Morgan fingerprint density at radius 1 is 0.821 bits per heavy atom. The number of piperidine rings is 1. The van der Waals surface area contributed by atoms with Gasteiger partial charge in [0, 0.05) is 64.1 Å². The summed E-state index contributed by atoms with van der Waals surface area (Å²) < 4.78 is 15.4. The maximum atomic E-state index is 12.9. The highest BCUT2D eigenvalue weighted by molar-refractivity contribution is 5.76. The van der Waals surface area contributed by atoms with Gasteiger partial charge in [-0.25, -0.2) is 4.79 Å². The lowest BCUT2D eigenvalue weighted by Crippen LogP contribution is -2.43. The lowest BCUT2D eigenvalue weighted by molar-refractivity contribution is -0.253. The van der Waals surface area contributed by atoms with Crippen LogP contribution >= 0.6 is 0 Å². The summed E-state index contributed by atoms with van der Waals surface area (Å²) in [5.41, 5.74) is 7.71. The lowest BCUT2D eigenvalue weighted by atomic mass is 9.97. The van der Waals surface area contributed by atoms with Crippen LogP contribution in [0.1, 0.15) is 92.6 Å². The van der Waals surface area contributed by atoms with Gasteiger partial charge in [0.1, 0.15) is 0 Å². The van der Waals surface area contributed by atoms with Gasteiger partial charge in [-0.05, 0) is 77.8 Å². The first-order valence-corrected chi connectivity index (χ1v) is 20.0. The van der Waals surface area contributed by atoms with Crippen LogP contribution in [-0.2, 0) is 32.2 Å². The number of aromatic nitrogens is 2. The Kier molecular flexibility index (Phi) is 13.1. The topological polar surface area (TPSA) is 138 Å². The third-order valence-corrected chi connectivity index (χ3v) is 11.0. The van der Waals surface area contributed by atoms with Crippen LogP contribution in [0.4, 0.5) is 0 Å². The van der Waals surface area contributed by atoms with Crippen molar-refractivity contribution in [1.29, 1.82) is 0 Å². The number of nitrogens with one attached hydrogen (secondary N) is 3. The van der Waals surface area contributed by atoms with Crippen molar-refractivity contribution in [2.24, 2.45) is 0 Å². The molecule has 2 amide bonds.